The molecule has 1 fully saturated rings. The van der Waals surface area contributed by atoms with E-state index in [1.165, 1.54) is 44.2 Å². The van der Waals surface area contributed by atoms with Crippen molar-refractivity contribution < 1.29 is 0 Å². The molecule has 0 saturated heterocycles. The summed E-state index contributed by atoms with van der Waals surface area (Å²) in [6.07, 6.45) is 6.62. The second-order valence-electron chi connectivity index (χ2n) is 6.64. The molecule has 3 unspecified atom stereocenters. The van der Waals surface area contributed by atoms with Crippen LogP contribution in [0.1, 0.15) is 43.7 Å². The van der Waals surface area contributed by atoms with Gasteiger partial charge in [-0.3, -0.25) is 4.90 Å². The van der Waals surface area contributed by atoms with Gasteiger partial charge < -0.3 is 5.73 Å². The lowest BCUT2D eigenvalue weighted by Gasteiger charge is -2.44. The summed E-state index contributed by atoms with van der Waals surface area (Å²) in [6, 6.07) is 9.66. The highest BCUT2D eigenvalue weighted by atomic mass is 15.2. The lowest BCUT2D eigenvalue weighted by Crippen LogP contribution is -2.48. The van der Waals surface area contributed by atoms with E-state index in [4.69, 9.17) is 5.73 Å². The SMILES string of the molecule is CCC1CCC(CN)C(N2CCc3ccccc3C2)C1. The maximum Gasteiger partial charge on any atom is 0.0239 e. The Bertz CT molecular complexity index is 443. The van der Waals surface area contributed by atoms with Gasteiger partial charge in [-0.1, -0.05) is 44.0 Å². The summed E-state index contributed by atoms with van der Waals surface area (Å²) in [6.45, 7) is 5.55. The van der Waals surface area contributed by atoms with Gasteiger partial charge in [-0.2, -0.15) is 0 Å². The molecule has 1 heterocycles. The van der Waals surface area contributed by atoms with Gasteiger partial charge in [-0.05, 0) is 48.8 Å². The predicted molar refractivity (Wildman–Crippen MR) is 84.5 cm³/mol. The molecular formula is C18H28N2. The number of nitrogens with two attached hydrogens (primary N) is 1. The maximum absolute atomic E-state index is 6.06. The number of hydrogen-bond acceptors (Lipinski definition) is 2. The Labute approximate surface area is 123 Å². The molecule has 0 radical (unpaired) electrons. The highest BCUT2D eigenvalue weighted by Gasteiger charge is 2.34. The summed E-state index contributed by atoms with van der Waals surface area (Å²) in [5.41, 5.74) is 9.14. The van der Waals surface area contributed by atoms with E-state index in [0.29, 0.717) is 12.0 Å². The molecule has 2 nitrogen and oxygen atoms in total. The second kappa shape index (κ2) is 6.28. The van der Waals surface area contributed by atoms with Crippen LogP contribution in [-0.4, -0.2) is 24.0 Å². The first kappa shape index (κ1) is 14.1. The lowest BCUT2D eigenvalue weighted by molar-refractivity contribution is 0.0700. The van der Waals surface area contributed by atoms with Crippen molar-refractivity contribution in [2.75, 3.05) is 13.1 Å². The fourth-order valence-corrected chi connectivity index (χ4v) is 4.19. The van der Waals surface area contributed by atoms with E-state index in [9.17, 15) is 0 Å². The summed E-state index contributed by atoms with van der Waals surface area (Å²) in [4.78, 5) is 2.72. The van der Waals surface area contributed by atoms with Gasteiger partial charge in [0.2, 0.25) is 0 Å². The third-order valence-electron chi connectivity index (χ3n) is 5.57. The van der Waals surface area contributed by atoms with Gasteiger partial charge >= 0.3 is 0 Å². The maximum atomic E-state index is 6.06. The molecule has 1 aromatic carbocycles. The monoisotopic (exact) mass is 272 g/mol. The fraction of sp³-hybridized carbons (Fsp3) is 0.667. The molecule has 0 aromatic heterocycles. The van der Waals surface area contributed by atoms with E-state index < -0.39 is 0 Å². The van der Waals surface area contributed by atoms with Crippen molar-refractivity contribution in [2.24, 2.45) is 17.6 Å². The molecule has 3 rings (SSSR count). The quantitative estimate of drug-likeness (QED) is 0.915. The number of hydrogen-bond donors (Lipinski definition) is 1. The van der Waals surface area contributed by atoms with E-state index in [-0.39, 0.29) is 0 Å². The Kier molecular flexibility index (Phi) is 4.42. The van der Waals surface area contributed by atoms with Crippen LogP contribution >= 0.6 is 0 Å². The Morgan fingerprint density at radius 3 is 2.75 bits per heavy atom. The van der Waals surface area contributed by atoms with Crippen molar-refractivity contribution >= 4 is 0 Å². The van der Waals surface area contributed by atoms with Gasteiger partial charge in [0, 0.05) is 19.1 Å². The largest absolute Gasteiger partial charge is 0.330 e. The van der Waals surface area contributed by atoms with Gasteiger partial charge in [0.1, 0.15) is 0 Å². The van der Waals surface area contributed by atoms with E-state index in [1.54, 1.807) is 5.56 Å². The molecule has 1 saturated carbocycles. The normalized spacial score (nSPS) is 31.0. The summed E-state index contributed by atoms with van der Waals surface area (Å²) in [5.74, 6) is 1.63. The number of nitrogens with zero attached hydrogens (tertiary/aromatic N) is 1. The van der Waals surface area contributed by atoms with Crippen LogP contribution in [0.25, 0.3) is 0 Å². The Balaban J connectivity index is 1.74. The molecule has 2 aliphatic rings. The fourth-order valence-electron chi connectivity index (χ4n) is 4.19. The van der Waals surface area contributed by atoms with E-state index in [0.717, 1.165) is 19.0 Å². The summed E-state index contributed by atoms with van der Waals surface area (Å²) < 4.78 is 0. The first-order chi connectivity index (χ1) is 9.81. The Morgan fingerprint density at radius 1 is 1.20 bits per heavy atom. The predicted octanol–water partition coefficient (Wildman–Crippen LogP) is 3.20. The zero-order valence-corrected chi connectivity index (χ0v) is 12.7. The molecule has 2 heteroatoms. The number of rotatable bonds is 3. The zero-order chi connectivity index (χ0) is 13.9. The molecule has 1 aliphatic carbocycles. The molecule has 110 valence electrons. The minimum Gasteiger partial charge on any atom is -0.330 e. The molecular weight excluding hydrogens is 244 g/mol. The third-order valence-corrected chi connectivity index (χ3v) is 5.57. The summed E-state index contributed by atoms with van der Waals surface area (Å²) in [5, 5.41) is 0. The molecule has 0 spiro atoms. The molecule has 1 aliphatic heterocycles. The van der Waals surface area contributed by atoms with Crippen molar-refractivity contribution in [1.29, 1.82) is 0 Å². The topological polar surface area (TPSA) is 29.3 Å². The van der Waals surface area contributed by atoms with Crippen LogP contribution in [0, 0.1) is 11.8 Å². The lowest BCUT2D eigenvalue weighted by atomic mass is 9.76. The summed E-state index contributed by atoms with van der Waals surface area (Å²) >= 11 is 0. The Hall–Kier alpha value is -0.860. The van der Waals surface area contributed by atoms with Crippen molar-refractivity contribution in [2.45, 2.75) is 51.6 Å². The zero-order valence-electron chi connectivity index (χ0n) is 12.7. The van der Waals surface area contributed by atoms with E-state index in [1.807, 2.05) is 0 Å². The highest BCUT2D eigenvalue weighted by Crippen LogP contribution is 2.35. The van der Waals surface area contributed by atoms with Gasteiger partial charge in [0.15, 0.2) is 0 Å². The average Bonchev–Trinajstić information content (AvgIpc) is 2.53. The Morgan fingerprint density at radius 2 is 2.00 bits per heavy atom. The highest BCUT2D eigenvalue weighted by molar-refractivity contribution is 5.29. The van der Waals surface area contributed by atoms with E-state index >= 15 is 0 Å². The van der Waals surface area contributed by atoms with Crippen LogP contribution in [0.5, 0.6) is 0 Å². The van der Waals surface area contributed by atoms with Crippen LogP contribution < -0.4 is 5.73 Å². The van der Waals surface area contributed by atoms with Gasteiger partial charge in [0.25, 0.3) is 0 Å². The van der Waals surface area contributed by atoms with Crippen LogP contribution in [0.15, 0.2) is 24.3 Å². The first-order valence-electron chi connectivity index (χ1n) is 8.32. The van der Waals surface area contributed by atoms with Crippen LogP contribution in [0.2, 0.25) is 0 Å². The summed E-state index contributed by atoms with van der Waals surface area (Å²) in [7, 11) is 0. The van der Waals surface area contributed by atoms with Crippen LogP contribution in [0.4, 0.5) is 0 Å². The molecule has 20 heavy (non-hydrogen) atoms. The molecule has 3 atom stereocenters. The van der Waals surface area contributed by atoms with E-state index in [2.05, 4.69) is 36.1 Å². The van der Waals surface area contributed by atoms with Gasteiger partial charge in [-0.15, -0.1) is 0 Å². The minimum absolute atomic E-state index is 0.711. The third kappa shape index (κ3) is 2.77. The van der Waals surface area contributed by atoms with Crippen LogP contribution in [-0.2, 0) is 13.0 Å². The van der Waals surface area contributed by atoms with Gasteiger partial charge in [-0.25, -0.2) is 0 Å². The molecule has 2 N–H and O–H groups in total. The van der Waals surface area contributed by atoms with Crippen LogP contribution in [0.3, 0.4) is 0 Å². The second-order valence-corrected chi connectivity index (χ2v) is 6.64. The van der Waals surface area contributed by atoms with Crippen molar-refractivity contribution in [3.8, 4) is 0 Å². The number of benzene rings is 1. The standard InChI is InChI=1S/C18H28N2/c1-2-14-7-8-16(12-19)18(11-14)20-10-9-15-5-3-4-6-17(15)13-20/h3-6,14,16,18H,2,7-13,19H2,1H3. The smallest absolute Gasteiger partial charge is 0.0239 e. The minimum atomic E-state index is 0.711. The van der Waals surface area contributed by atoms with Crippen molar-refractivity contribution in [3.05, 3.63) is 35.4 Å². The first-order valence-corrected chi connectivity index (χ1v) is 8.32. The molecule has 0 amide bonds. The average molecular weight is 272 g/mol. The van der Waals surface area contributed by atoms with Crippen molar-refractivity contribution in [3.63, 3.8) is 0 Å². The molecule has 0 bridgehead atoms. The van der Waals surface area contributed by atoms with Gasteiger partial charge in [0.05, 0.1) is 0 Å². The molecule has 1 aromatic rings. The number of fused-ring (bicyclic) bond motifs is 1. The van der Waals surface area contributed by atoms with Crippen molar-refractivity contribution in [1.82, 2.24) is 4.90 Å².